The topological polar surface area (TPSA) is 43.8 Å². The lowest BCUT2D eigenvalue weighted by molar-refractivity contribution is 0.193. The summed E-state index contributed by atoms with van der Waals surface area (Å²) in [6.07, 6.45) is 13.3. The summed E-state index contributed by atoms with van der Waals surface area (Å²) in [4.78, 5) is 0. The first kappa shape index (κ1) is 15.1. The second-order valence-corrected chi connectivity index (χ2v) is 7.85. The predicted octanol–water partition coefficient (Wildman–Crippen LogP) is 4.08. The highest BCUT2D eigenvalue weighted by Crippen LogP contribution is 2.36. The van der Waals surface area contributed by atoms with Crippen molar-refractivity contribution < 1.29 is 0 Å². The van der Waals surface area contributed by atoms with Crippen molar-refractivity contribution in [3.05, 3.63) is 18.0 Å². The van der Waals surface area contributed by atoms with Gasteiger partial charge in [0.25, 0.3) is 0 Å². The molecule has 2 fully saturated rings. The third-order valence-electron chi connectivity index (χ3n) is 5.86. The van der Waals surface area contributed by atoms with Gasteiger partial charge in [0.05, 0.1) is 11.7 Å². The zero-order valence-corrected chi connectivity index (χ0v) is 13.7. The monoisotopic (exact) mass is 289 g/mol. The van der Waals surface area contributed by atoms with Gasteiger partial charge in [-0.15, -0.1) is 0 Å². The number of rotatable bonds is 4. The minimum atomic E-state index is -0.0136. The van der Waals surface area contributed by atoms with Gasteiger partial charge in [-0.3, -0.25) is 4.68 Å². The molecule has 2 saturated carbocycles. The Hall–Kier alpha value is -0.830. The van der Waals surface area contributed by atoms with Gasteiger partial charge in [-0.1, -0.05) is 26.7 Å². The van der Waals surface area contributed by atoms with Crippen LogP contribution in [-0.2, 0) is 6.42 Å². The smallest absolute Gasteiger partial charge is 0.0643 e. The van der Waals surface area contributed by atoms with Crippen LogP contribution in [0, 0.1) is 11.8 Å². The Labute approximate surface area is 129 Å². The lowest BCUT2D eigenvalue weighted by atomic mass is 9.71. The number of hydrogen-bond acceptors (Lipinski definition) is 2. The molecule has 1 heterocycles. The summed E-state index contributed by atoms with van der Waals surface area (Å²) in [5.74, 6) is 1.67. The molecule has 0 amide bonds. The first-order valence-electron chi connectivity index (χ1n) is 8.89. The lowest BCUT2D eigenvalue weighted by Gasteiger charge is -2.38. The van der Waals surface area contributed by atoms with E-state index in [0.717, 1.165) is 31.1 Å². The maximum atomic E-state index is 6.67. The van der Waals surface area contributed by atoms with Crippen LogP contribution in [0.25, 0.3) is 0 Å². The van der Waals surface area contributed by atoms with Gasteiger partial charge in [0, 0.05) is 18.2 Å². The molecule has 1 aromatic rings. The fourth-order valence-electron chi connectivity index (χ4n) is 4.26. The number of nitrogens with two attached hydrogens (primary N) is 1. The molecule has 0 saturated heterocycles. The van der Waals surface area contributed by atoms with Crippen LogP contribution in [0.5, 0.6) is 0 Å². The summed E-state index contributed by atoms with van der Waals surface area (Å²) in [5.41, 5.74) is 7.85. The Balaban J connectivity index is 1.58. The van der Waals surface area contributed by atoms with Crippen LogP contribution < -0.4 is 5.73 Å². The summed E-state index contributed by atoms with van der Waals surface area (Å²) in [6.45, 7) is 4.69. The highest BCUT2D eigenvalue weighted by Gasteiger charge is 2.33. The number of aromatic nitrogens is 2. The van der Waals surface area contributed by atoms with E-state index in [-0.39, 0.29) is 5.54 Å². The predicted molar refractivity (Wildman–Crippen MR) is 87.2 cm³/mol. The lowest BCUT2D eigenvalue weighted by Crippen LogP contribution is -2.46. The van der Waals surface area contributed by atoms with Crippen molar-refractivity contribution in [1.82, 2.24) is 9.78 Å². The van der Waals surface area contributed by atoms with E-state index in [1.165, 1.54) is 44.2 Å². The van der Waals surface area contributed by atoms with Gasteiger partial charge in [0.1, 0.15) is 0 Å². The molecule has 0 spiro atoms. The van der Waals surface area contributed by atoms with Crippen molar-refractivity contribution >= 4 is 0 Å². The molecule has 3 rings (SSSR count). The quantitative estimate of drug-likeness (QED) is 0.907. The van der Waals surface area contributed by atoms with E-state index >= 15 is 0 Å². The van der Waals surface area contributed by atoms with Crippen molar-refractivity contribution in [2.45, 2.75) is 83.2 Å². The second kappa shape index (κ2) is 6.12. The Morgan fingerprint density at radius 3 is 2.52 bits per heavy atom. The molecule has 0 bridgehead atoms. The van der Waals surface area contributed by atoms with E-state index in [0.29, 0.717) is 6.04 Å². The second-order valence-electron chi connectivity index (χ2n) is 7.85. The zero-order chi connectivity index (χ0) is 14.9. The molecule has 0 radical (unpaired) electrons. The summed E-state index contributed by atoms with van der Waals surface area (Å²) in [6, 6.07) is 2.84. The van der Waals surface area contributed by atoms with E-state index < -0.39 is 0 Å². The van der Waals surface area contributed by atoms with Crippen molar-refractivity contribution in [3.63, 3.8) is 0 Å². The van der Waals surface area contributed by atoms with E-state index in [1.54, 1.807) is 0 Å². The van der Waals surface area contributed by atoms with E-state index in [9.17, 15) is 0 Å². The molecule has 118 valence electrons. The van der Waals surface area contributed by atoms with E-state index in [1.807, 2.05) is 0 Å². The van der Waals surface area contributed by atoms with Crippen LogP contribution in [0.4, 0.5) is 0 Å². The van der Waals surface area contributed by atoms with Crippen LogP contribution in [-0.4, -0.2) is 15.3 Å². The van der Waals surface area contributed by atoms with Gasteiger partial charge >= 0.3 is 0 Å². The molecule has 3 nitrogen and oxygen atoms in total. The van der Waals surface area contributed by atoms with Gasteiger partial charge in [0.2, 0.25) is 0 Å². The van der Waals surface area contributed by atoms with E-state index in [2.05, 4.69) is 30.8 Å². The molecule has 2 aliphatic carbocycles. The SMILES string of the molecule is CC(C)C1CCC(N)(Cc2ccn(C3CCCC3)n2)CC1. The van der Waals surface area contributed by atoms with Crippen molar-refractivity contribution in [2.75, 3.05) is 0 Å². The van der Waals surface area contributed by atoms with Crippen LogP contribution >= 0.6 is 0 Å². The minimum Gasteiger partial charge on any atom is -0.325 e. The van der Waals surface area contributed by atoms with Gasteiger partial charge in [-0.2, -0.15) is 5.10 Å². The van der Waals surface area contributed by atoms with Crippen molar-refractivity contribution in [2.24, 2.45) is 17.6 Å². The Morgan fingerprint density at radius 1 is 1.24 bits per heavy atom. The highest BCUT2D eigenvalue weighted by molar-refractivity contribution is 5.07. The molecule has 0 unspecified atom stereocenters. The minimum absolute atomic E-state index is 0.0136. The van der Waals surface area contributed by atoms with Crippen LogP contribution in [0.2, 0.25) is 0 Å². The molecular weight excluding hydrogens is 258 g/mol. The van der Waals surface area contributed by atoms with Crippen molar-refractivity contribution in [1.29, 1.82) is 0 Å². The Morgan fingerprint density at radius 2 is 1.90 bits per heavy atom. The average molecular weight is 289 g/mol. The summed E-state index contributed by atoms with van der Waals surface area (Å²) in [7, 11) is 0. The van der Waals surface area contributed by atoms with E-state index in [4.69, 9.17) is 10.8 Å². The number of hydrogen-bond donors (Lipinski definition) is 1. The third kappa shape index (κ3) is 3.50. The number of nitrogens with zero attached hydrogens (tertiary/aromatic N) is 2. The van der Waals surface area contributed by atoms with Crippen molar-refractivity contribution in [3.8, 4) is 0 Å². The Bertz CT molecular complexity index is 449. The maximum absolute atomic E-state index is 6.67. The largest absolute Gasteiger partial charge is 0.325 e. The molecule has 2 N–H and O–H groups in total. The zero-order valence-electron chi connectivity index (χ0n) is 13.7. The highest BCUT2D eigenvalue weighted by atomic mass is 15.3. The Kier molecular flexibility index (Phi) is 4.39. The molecule has 1 aromatic heterocycles. The van der Waals surface area contributed by atoms with Gasteiger partial charge in [-0.05, 0) is 56.4 Å². The van der Waals surface area contributed by atoms with Crippen LogP contribution in [0.15, 0.2) is 12.3 Å². The average Bonchev–Trinajstić information content (AvgIpc) is 3.09. The third-order valence-corrected chi connectivity index (χ3v) is 5.86. The molecule has 3 heteroatoms. The summed E-state index contributed by atoms with van der Waals surface area (Å²) < 4.78 is 2.20. The van der Waals surface area contributed by atoms with Gasteiger partial charge in [0.15, 0.2) is 0 Å². The summed E-state index contributed by atoms with van der Waals surface area (Å²) >= 11 is 0. The normalized spacial score (nSPS) is 31.1. The van der Waals surface area contributed by atoms with Crippen LogP contribution in [0.1, 0.15) is 76.9 Å². The van der Waals surface area contributed by atoms with Crippen LogP contribution in [0.3, 0.4) is 0 Å². The van der Waals surface area contributed by atoms with Gasteiger partial charge in [-0.25, -0.2) is 0 Å². The molecule has 0 aliphatic heterocycles. The summed E-state index contributed by atoms with van der Waals surface area (Å²) in [5, 5.41) is 4.82. The first-order chi connectivity index (χ1) is 10.1. The molecule has 0 aromatic carbocycles. The molecule has 21 heavy (non-hydrogen) atoms. The molecular formula is C18H31N3. The standard InChI is InChI=1S/C18H31N3/c1-14(2)15-7-10-18(19,11-8-15)13-16-9-12-21(20-16)17-5-3-4-6-17/h9,12,14-15,17H,3-8,10-11,13,19H2,1-2H3. The first-order valence-corrected chi connectivity index (χ1v) is 8.89. The fraction of sp³-hybridized carbons (Fsp3) is 0.833. The maximum Gasteiger partial charge on any atom is 0.0643 e. The molecule has 2 aliphatic rings. The van der Waals surface area contributed by atoms with Gasteiger partial charge < -0.3 is 5.73 Å². The molecule has 0 atom stereocenters. The fourth-order valence-corrected chi connectivity index (χ4v) is 4.26.